The number of benzene rings is 1. The van der Waals surface area contributed by atoms with E-state index in [1.807, 2.05) is 13.0 Å². The van der Waals surface area contributed by atoms with Gasteiger partial charge >= 0.3 is 5.97 Å². The molecule has 1 saturated heterocycles. The molecule has 19 heavy (non-hydrogen) atoms. The van der Waals surface area contributed by atoms with Crippen LogP contribution in [0.5, 0.6) is 0 Å². The van der Waals surface area contributed by atoms with Crippen molar-refractivity contribution in [3.8, 4) is 0 Å². The first-order valence-corrected chi connectivity index (χ1v) is 6.44. The molecule has 5 nitrogen and oxygen atoms in total. The molecular formula is C14H20N2O3. The van der Waals surface area contributed by atoms with Crippen molar-refractivity contribution < 1.29 is 14.3 Å². The normalized spacial score (nSPS) is 16.1. The summed E-state index contributed by atoms with van der Waals surface area (Å²) in [4.78, 5) is 11.6. The van der Waals surface area contributed by atoms with E-state index < -0.39 is 0 Å². The van der Waals surface area contributed by atoms with E-state index in [2.05, 4.69) is 5.32 Å². The number of ether oxygens (including phenoxy) is 2. The maximum absolute atomic E-state index is 11.6. The van der Waals surface area contributed by atoms with Gasteiger partial charge in [-0.05, 0) is 37.5 Å². The lowest BCUT2D eigenvalue weighted by molar-refractivity contribution is 0.0600. The molecule has 0 bridgehead atoms. The highest BCUT2D eigenvalue weighted by Gasteiger charge is 2.17. The first-order chi connectivity index (χ1) is 9.11. The molecule has 1 heterocycles. The molecule has 0 atom stereocenters. The molecule has 0 unspecified atom stereocenters. The van der Waals surface area contributed by atoms with Crippen molar-refractivity contribution in [2.24, 2.45) is 0 Å². The van der Waals surface area contributed by atoms with Gasteiger partial charge in [0.2, 0.25) is 0 Å². The Morgan fingerprint density at radius 1 is 1.42 bits per heavy atom. The van der Waals surface area contributed by atoms with E-state index in [1.54, 1.807) is 6.07 Å². The van der Waals surface area contributed by atoms with E-state index in [9.17, 15) is 4.79 Å². The third kappa shape index (κ3) is 3.17. The SMILES string of the molecule is COC(=O)c1cc(N)c(NC2CCOCC2)cc1C. The molecule has 2 rings (SSSR count). The second-order valence-electron chi connectivity index (χ2n) is 4.78. The Kier molecular flexibility index (Phi) is 4.27. The van der Waals surface area contributed by atoms with E-state index in [0.29, 0.717) is 17.3 Å². The molecule has 1 aliphatic rings. The fourth-order valence-electron chi connectivity index (χ4n) is 2.24. The van der Waals surface area contributed by atoms with E-state index in [0.717, 1.165) is 37.3 Å². The van der Waals surface area contributed by atoms with Crippen LogP contribution in [0, 0.1) is 6.92 Å². The summed E-state index contributed by atoms with van der Waals surface area (Å²) in [5.41, 5.74) is 8.81. The van der Waals surface area contributed by atoms with Crippen LogP contribution in [0.3, 0.4) is 0 Å². The van der Waals surface area contributed by atoms with E-state index in [-0.39, 0.29) is 5.97 Å². The van der Waals surface area contributed by atoms with Gasteiger partial charge in [-0.15, -0.1) is 0 Å². The summed E-state index contributed by atoms with van der Waals surface area (Å²) in [5, 5.41) is 3.42. The van der Waals surface area contributed by atoms with Crippen LogP contribution in [0.2, 0.25) is 0 Å². The first-order valence-electron chi connectivity index (χ1n) is 6.44. The molecule has 0 aromatic heterocycles. The van der Waals surface area contributed by atoms with Crippen molar-refractivity contribution >= 4 is 17.3 Å². The maximum atomic E-state index is 11.6. The number of methoxy groups -OCH3 is 1. The van der Waals surface area contributed by atoms with Crippen molar-refractivity contribution in [2.45, 2.75) is 25.8 Å². The quantitative estimate of drug-likeness (QED) is 0.645. The summed E-state index contributed by atoms with van der Waals surface area (Å²) in [6.07, 6.45) is 1.94. The Hall–Kier alpha value is -1.75. The second kappa shape index (κ2) is 5.93. The van der Waals surface area contributed by atoms with Gasteiger partial charge in [-0.2, -0.15) is 0 Å². The van der Waals surface area contributed by atoms with Crippen LogP contribution >= 0.6 is 0 Å². The topological polar surface area (TPSA) is 73.6 Å². The van der Waals surface area contributed by atoms with Crippen LogP contribution < -0.4 is 11.1 Å². The minimum absolute atomic E-state index is 0.359. The molecule has 1 aromatic rings. The summed E-state index contributed by atoms with van der Waals surface area (Å²) in [5.74, 6) is -0.359. The Balaban J connectivity index is 2.17. The third-order valence-corrected chi connectivity index (χ3v) is 3.38. The third-order valence-electron chi connectivity index (χ3n) is 3.38. The van der Waals surface area contributed by atoms with Gasteiger partial charge in [-0.25, -0.2) is 4.79 Å². The highest BCUT2D eigenvalue weighted by molar-refractivity contribution is 5.93. The van der Waals surface area contributed by atoms with Crippen molar-refractivity contribution in [3.63, 3.8) is 0 Å². The number of carbonyl (C=O) groups excluding carboxylic acids is 1. The molecule has 0 spiro atoms. The van der Waals surface area contributed by atoms with E-state index in [1.165, 1.54) is 7.11 Å². The van der Waals surface area contributed by atoms with E-state index in [4.69, 9.17) is 15.2 Å². The molecule has 0 radical (unpaired) electrons. The highest BCUT2D eigenvalue weighted by atomic mass is 16.5. The molecular weight excluding hydrogens is 244 g/mol. The molecule has 1 fully saturated rings. The Morgan fingerprint density at radius 2 is 2.11 bits per heavy atom. The number of nitrogen functional groups attached to an aromatic ring is 1. The van der Waals surface area contributed by atoms with Gasteiger partial charge in [0.1, 0.15) is 0 Å². The molecule has 1 aromatic carbocycles. The van der Waals surface area contributed by atoms with Crippen LogP contribution in [0.25, 0.3) is 0 Å². The molecule has 3 N–H and O–H groups in total. The average Bonchev–Trinajstić information content (AvgIpc) is 2.43. The summed E-state index contributed by atoms with van der Waals surface area (Å²) < 4.78 is 10.1. The molecule has 0 aliphatic carbocycles. The van der Waals surface area contributed by atoms with Gasteiger partial charge in [-0.3, -0.25) is 0 Å². The summed E-state index contributed by atoms with van der Waals surface area (Å²) in [7, 11) is 1.37. The minimum atomic E-state index is -0.359. The van der Waals surface area contributed by atoms with Gasteiger partial charge in [-0.1, -0.05) is 0 Å². The van der Waals surface area contributed by atoms with Crippen molar-refractivity contribution in [1.29, 1.82) is 0 Å². The van der Waals surface area contributed by atoms with Crippen molar-refractivity contribution in [2.75, 3.05) is 31.4 Å². The number of hydrogen-bond donors (Lipinski definition) is 2. The smallest absolute Gasteiger partial charge is 0.338 e. The molecule has 0 saturated carbocycles. The number of hydrogen-bond acceptors (Lipinski definition) is 5. The van der Waals surface area contributed by atoms with Crippen molar-refractivity contribution in [1.82, 2.24) is 0 Å². The largest absolute Gasteiger partial charge is 0.465 e. The zero-order valence-electron chi connectivity index (χ0n) is 11.4. The summed E-state index contributed by atoms with van der Waals surface area (Å²) in [6, 6.07) is 3.94. The van der Waals surface area contributed by atoms with Gasteiger partial charge in [0, 0.05) is 19.3 Å². The van der Waals surface area contributed by atoms with Gasteiger partial charge in [0.15, 0.2) is 0 Å². The number of anilines is 2. The lowest BCUT2D eigenvalue weighted by Crippen LogP contribution is -2.28. The van der Waals surface area contributed by atoms with Crippen LogP contribution in [0.1, 0.15) is 28.8 Å². The van der Waals surface area contributed by atoms with E-state index >= 15 is 0 Å². The number of esters is 1. The van der Waals surface area contributed by atoms with Gasteiger partial charge in [0.05, 0.1) is 24.0 Å². The fraction of sp³-hybridized carbons (Fsp3) is 0.500. The van der Waals surface area contributed by atoms with Crippen LogP contribution in [0.15, 0.2) is 12.1 Å². The van der Waals surface area contributed by atoms with Gasteiger partial charge in [0.25, 0.3) is 0 Å². The standard InChI is InChI=1S/C14H20N2O3/c1-9-7-13(16-10-3-5-19-6-4-10)12(15)8-11(9)14(17)18-2/h7-8,10,16H,3-6,15H2,1-2H3. The van der Waals surface area contributed by atoms with Crippen LogP contribution in [-0.2, 0) is 9.47 Å². The van der Waals surface area contributed by atoms with Gasteiger partial charge < -0.3 is 20.5 Å². The summed E-state index contributed by atoms with van der Waals surface area (Å²) >= 11 is 0. The zero-order chi connectivity index (χ0) is 13.8. The zero-order valence-corrected chi connectivity index (χ0v) is 11.4. The Labute approximate surface area is 113 Å². The molecule has 104 valence electrons. The molecule has 0 amide bonds. The highest BCUT2D eigenvalue weighted by Crippen LogP contribution is 2.26. The minimum Gasteiger partial charge on any atom is -0.465 e. The first kappa shape index (κ1) is 13.7. The Bertz CT molecular complexity index is 468. The van der Waals surface area contributed by atoms with Crippen LogP contribution in [-0.4, -0.2) is 32.3 Å². The molecule has 1 aliphatic heterocycles. The number of rotatable bonds is 3. The predicted molar refractivity (Wildman–Crippen MR) is 74.4 cm³/mol. The van der Waals surface area contributed by atoms with Crippen LogP contribution in [0.4, 0.5) is 11.4 Å². The lowest BCUT2D eigenvalue weighted by Gasteiger charge is -2.25. The lowest BCUT2D eigenvalue weighted by atomic mass is 10.0. The average molecular weight is 264 g/mol. The number of aryl methyl sites for hydroxylation is 1. The number of carbonyl (C=O) groups is 1. The second-order valence-corrected chi connectivity index (χ2v) is 4.78. The molecule has 5 heteroatoms. The summed E-state index contributed by atoms with van der Waals surface area (Å²) in [6.45, 7) is 3.43. The monoisotopic (exact) mass is 264 g/mol. The van der Waals surface area contributed by atoms with Crippen molar-refractivity contribution in [3.05, 3.63) is 23.3 Å². The Morgan fingerprint density at radius 3 is 2.74 bits per heavy atom. The number of nitrogens with two attached hydrogens (primary N) is 1. The predicted octanol–water partition coefficient (Wildman–Crippen LogP) is 1.95. The number of nitrogens with one attached hydrogen (secondary N) is 1. The maximum Gasteiger partial charge on any atom is 0.338 e. The fourth-order valence-corrected chi connectivity index (χ4v) is 2.24.